The zero-order valence-corrected chi connectivity index (χ0v) is 20.6. The number of hydrogen-bond donors (Lipinski definition) is 2. The summed E-state index contributed by atoms with van der Waals surface area (Å²) in [5.41, 5.74) is 2.27. The summed E-state index contributed by atoms with van der Waals surface area (Å²) >= 11 is 1.28. The number of pyridine rings is 1. The largest absolute Gasteiger partial charge is 0.477 e. The summed E-state index contributed by atoms with van der Waals surface area (Å²) in [6, 6.07) is 9.23. The minimum atomic E-state index is -1.19. The third-order valence-corrected chi connectivity index (χ3v) is 8.43. The molecule has 0 spiro atoms. The van der Waals surface area contributed by atoms with Crippen LogP contribution in [0.3, 0.4) is 0 Å². The third-order valence-electron chi connectivity index (χ3n) is 7.29. The van der Waals surface area contributed by atoms with Gasteiger partial charge >= 0.3 is 5.97 Å². The Hall–Kier alpha value is -3.89. The number of aromatic nitrogens is 3. The molecule has 2 N–H and O–H groups in total. The van der Waals surface area contributed by atoms with Crippen LogP contribution in [0.4, 0.5) is 0 Å². The Bertz CT molecular complexity index is 1650. The molecule has 0 bridgehead atoms. The SMILES string of the molecule is C[C@@H](O)[C@H]1C(=O)N2C(C(=O)O)=C(c3cn4cnc(C(=O)c5cc6ccccc6[n+](C)c5)c4s3)[C@H](C)[C@H]12. The average molecular weight is 504 g/mol. The highest BCUT2D eigenvalue weighted by molar-refractivity contribution is 7.18. The summed E-state index contributed by atoms with van der Waals surface area (Å²) in [6.45, 7) is 3.43. The molecule has 1 saturated heterocycles. The number of amides is 1. The number of carboxylic acids is 1. The molecular weight excluding hydrogens is 480 g/mol. The van der Waals surface area contributed by atoms with Crippen molar-refractivity contribution in [3.8, 4) is 0 Å². The van der Waals surface area contributed by atoms with E-state index in [1.165, 1.54) is 16.2 Å². The summed E-state index contributed by atoms with van der Waals surface area (Å²) in [5.74, 6) is -2.71. The van der Waals surface area contributed by atoms with Gasteiger partial charge in [-0.15, -0.1) is 11.3 Å². The van der Waals surface area contributed by atoms with E-state index in [0.717, 1.165) is 10.9 Å². The van der Waals surface area contributed by atoms with Gasteiger partial charge < -0.3 is 15.1 Å². The third kappa shape index (κ3) is 3.01. The minimum absolute atomic E-state index is 0.0544. The van der Waals surface area contributed by atoms with Crippen molar-refractivity contribution in [3.05, 3.63) is 70.9 Å². The lowest BCUT2D eigenvalue weighted by Crippen LogP contribution is -2.63. The quantitative estimate of drug-likeness (QED) is 0.245. The molecular formula is C26H23N4O5S+. The number of rotatable bonds is 5. The summed E-state index contributed by atoms with van der Waals surface area (Å²) in [4.78, 5) is 45.3. The molecule has 1 aromatic carbocycles. The maximum absolute atomic E-state index is 13.5. The van der Waals surface area contributed by atoms with Crippen molar-refractivity contribution in [1.82, 2.24) is 14.3 Å². The van der Waals surface area contributed by atoms with Gasteiger partial charge in [0.1, 0.15) is 29.6 Å². The molecule has 4 aromatic rings. The van der Waals surface area contributed by atoms with Gasteiger partial charge in [-0.2, -0.15) is 0 Å². The van der Waals surface area contributed by atoms with Crippen LogP contribution in [0, 0.1) is 11.8 Å². The standard InChI is InChI=1S/C26H22N4O5S/c1-12-18(22(26(34)35)30-21(12)19(13(2)31)24(30)33)17-10-29-11-27-20(25(29)36-17)23(32)15-8-14-6-4-5-7-16(14)28(3)9-15/h4-13,19,21,31H,1-3H3/p+1/t12-,13+,19+,21+/m0/s1. The van der Waals surface area contributed by atoms with E-state index in [2.05, 4.69) is 4.98 Å². The van der Waals surface area contributed by atoms with Crippen LogP contribution in [0.1, 0.15) is 34.8 Å². The number of carbonyl (C=O) groups is 3. The van der Waals surface area contributed by atoms with Gasteiger partial charge in [-0.25, -0.2) is 14.3 Å². The number of aryl methyl sites for hydroxylation is 1. The van der Waals surface area contributed by atoms with Crippen molar-refractivity contribution >= 4 is 50.3 Å². The van der Waals surface area contributed by atoms with Crippen LogP contribution in [0.15, 0.2) is 54.7 Å². The first-order valence-corrected chi connectivity index (χ1v) is 12.4. The Morgan fingerprint density at radius 3 is 2.72 bits per heavy atom. The fourth-order valence-corrected chi connectivity index (χ4v) is 6.86. The second kappa shape index (κ2) is 7.81. The summed E-state index contributed by atoms with van der Waals surface area (Å²) in [5, 5.41) is 21.0. The van der Waals surface area contributed by atoms with E-state index in [4.69, 9.17) is 0 Å². The number of para-hydroxylation sites is 1. The maximum Gasteiger partial charge on any atom is 0.352 e. The lowest BCUT2D eigenvalue weighted by atomic mass is 9.77. The van der Waals surface area contributed by atoms with Crippen molar-refractivity contribution in [1.29, 1.82) is 0 Å². The van der Waals surface area contributed by atoms with Gasteiger partial charge in [0.2, 0.25) is 17.2 Å². The molecule has 1 fully saturated rings. The van der Waals surface area contributed by atoms with Crippen LogP contribution in [0.5, 0.6) is 0 Å². The molecule has 10 heteroatoms. The van der Waals surface area contributed by atoms with Gasteiger partial charge in [-0.3, -0.25) is 14.0 Å². The van der Waals surface area contributed by atoms with E-state index >= 15 is 0 Å². The highest BCUT2D eigenvalue weighted by atomic mass is 32.1. The minimum Gasteiger partial charge on any atom is -0.477 e. The number of aliphatic hydroxyl groups is 1. The Balaban J connectivity index is 1.43. The molecule has 0 saturated carbocycles. The van der Waals surface area contributed by atoms with E-state index in [0.29, 0.717) is 20.8 Å². The van der Waals surface area contributed by atoms with Gasteiger partial charge in [0.15, 0.2) is 6.20 Å². The normalized spacial score (nSPS) is 22.3. The monoisotopic (exact) mass is 503 g/mol. The fourth-order valence-electron chi connectivity index (χ4n) is 5.65. The molecule has 5 heterocycles. The van der Waals surface area contributed by atoms with Crippen molar-refractivity contribution in [2.75, 3.05) is 0 Å². The van der Waals surface area contributed by atoms with E-state index < -0.39 is 24.0 Å². The number of aliphatic carboxylic acids is 1. The van der Waals surface area contributed by atoms with Crippen molar-refractivity contribution in [2.24, 2.45) is 18.9 Å². The van der Waals surface area contributed by atoms with Crippen molar-refractivity contribution in [3.63, 3.8) is 0 Å². The average Bonchev–Trinajstić information content (AvgIpc) is 3.48. The van der Waals surface area contributed by atoms with Crippen LogP contribution >= 0.6 is 11.3 Å². The molecule has 182 valence electrons. The van der Waals surface area contributed by atoms with Crippen LogP contribution in [-0.4, -0.2) is 54.3 Å². The van der Waals surface area contributed by atoms with Gasteiger partial charge in [-0.05, 0) is 19.1 Å². The van der Waals surface area contributed by atoms with Gasteiger partial charge in [-0.1, -0.05) is 19.1 Å². The molecule has 9 nitrogen and oxygen atoms in total. The lowest BCUT2D eigenvalue weighted by molar-refractivity contribution is -0.645. The van der Waals surface area contributed by atoms with E-state index in [1.807, 2.05) is 48.9 Å². The molecule has 0 unspecified atom stereocenters. The Kier molecular flexibility index (Phi) is 4.89. The Morgan fingerprint density at radius 1 is 1.25 bits per heavy atom. The number of nitrogens with zero attached hydrogens (tertiary/aromatic N) is 4. The lowest BCUT2D eigenvalue weighted by Gasteiger charge is -2.46. The predicted octanol–water partition coefficient (Wildman–Crippen LogP) is 2.26. The fraction of sp³-hybridized carbons (Fsp3) is 0.269. The number of thiazole rings is 1. The number of fused-ring (bicyclic) bond motifs is 3. The van der Waals surface area contributed by atoms with Gasteiger partial charge in [0, 0.05) is 29.1 Å². The zero-order valence-electron chi connectivity index (χ0n) is 19.7. The second-order valence-electron chi connectivity index (χ2n) is 9.45. The molecule has 3 aromatic heterocycles. The number of ketones is 1. The molecule has 0 aliphatic carbocycles. The van der Waals surface area contributed by atoms with E-state index in [-0.39, 0.29) is 29.0 Å². The summed E-state index contributed by atoms with van der Waals surface area (Å²) < 4.78 is 3.62. The molecule has 36 heavy (non-hydrogen) atoms. The highest BCUT2D eigenvalue weighted by Gasteiger charge is 2.60. The number of carbonyl (C=O) groups excluding carboxylic acids is 2. The molecule has 4 atom stereocenters. The first-order chi connectivity index (χ1) is 17.2. The van der Waals surface area contributed by atoms with Crippen LogP contribution in [0.2, 0.25) is 0 Å². The number of hydrogen-bond acceptors (Lipinski definition) is 6. The maximum atomic E-state index is 13.5. The molecule has 2 aliphatic heterocycles. The first kappa shape index (κ1) is 22.6. The number of β-lactam (4-membered cyclic amide) rings is 1. The Labute approximate surface area is 209 Å². The number of imidazole rings is 1. The van der Waals surface area contributed by atoms with Gasteiger partial charge in [0.05, 0.1) is 28.5 Å². The molecule has 6 rings (SSSR count). The van der Waals surface area contributed by atoms with Gasteiger partial charge in [0.25, 0.3) is 0 Å². The van der Waals surface area contributed by atoms with Crippen molar-refractivity contribution in [2.45, 2.75) is 26.0 Å². The van der Waals surface area contributed by atoms with E-state index in [9.17, 15) is 24.6 Å². The number of aliphatic hydroxyl groups excluding tert-OH is 1. The number of carboxylic acid groups (broad SMARTS) is 1. The van der Waals surface area contributed by atoms with Crippen LogP contribution in [-0.2, 0) is 16.6 Å². The van der Waals surface area contributed by atoms with Crippen molar-refractivity contribution < 1.29 is 29.2 Å². The summed E-state index contributed by atoms with van der Waals surface area (Å²) in [6.07, 6.45) is 4.21. The van der Waals surface area contributed by atoms with Crippen LogP contribution in [0.25, 0.3) is 21.3 Å². The second-order valence-corrected chi connectivity index (χ2v) is 10.5. The Morgan fingerprint density at radius 2 is 2.00 bits per heavy atom. The predicted molar refractivity (Wildman–Crippen MR) is 131 cm³/mol. The number of benzene rings is 1. The topological polar surface area (TPSA) is 116 Å². The molecule has 1 amide bonds. The molecule has 2 aliphatic rings. The molecule has 0 radical (unpaired) electrons. The highest BCUT2D eigenvalue weighted by Crippen LogP contribution is 2.51. The first-order valence-electron chi connectivity index (χ1n) is 11.6. The van der Waals surface area contributed by atoms with E-state index in [1.54, 1.807) is 30.0 Å². The zero-order chi connectivity index (χ0) is 25.5. The smallest absolute Gasteiger partial charge is 0.352 e. The van der Waals surface area contributed by atoms with Crippen LogP contribution < -0.4 is 4.57 Å². The summed E-state index contributed by atoms with van der Waals surface area (Å²) in [7, 11) is 1.89.